The molecular formula is C16H16N4O2. The lowest BCUT2D eigenvalue weighted by molar-refractivity contribution is 0.399. The summed E-state index contributed by atoms with van der Waals surface area (Å²) >= 11 is 0. The molecule has 0 unspecified atom stereocenters. The number of nitriles is 1. The molecule has 0 aliphatic carbocycles. The molecule has 0 amide bonds. The number of phenols is 1. The lowest BCUT2D eigenvalue weighted by atomic mass is 9.80. The van der Waals surface area contributed by atoms with E-state index in [1.165, 1.54) is 0 Å². The molecule has 1 aliphatic heterocycles. The highest BCUT2D eigenvalue weighted by atomic mass is 16.5. The van der Waals surface area contributed by atoms with Gasteiger partial charge >= 0.3 is 0 Å². The molecule has 0 saturated carbocycles. The van der Waals surface area contributed by atoms with Gasteiger partial charge in [0.1, 0.15) is 28.9 Å². The van der Waals surface area contributed by atoms with Crippen molar-refractivity contribution in [3.8, 4) is 23.4 Å². The summed E-state index contributed by atoms with van der Waals surface area (Å²) in [4.78, 5) is 4.18. The number of pyridine rings is 1. The Morgan fingerprint density at radius 3 is 2.73 bits per heavy atom. The summed E-state index contributed by atoms with van der Waals surface area (Å²) in [6.45, 7) is 4.11. The second-order valence-corrected chi connectivity index (χ2v) is 5.66. The molecule has 2 heterocycles. The molecule has 112 valence electrons. The van der Waals surface area contributed by atoms with Crippen LogP contribution in [-0.4, -0.2) is 10.1 Å². The van der Waals surface area contributed by atoms with Gasteiger partial charge in [-0.25, -0.2) is 0 Å². The third-order valence-corrected chi connectivity index (χ3v) is 3.90. The van der Waals surface area contributed by atoms with E-state index in [-0.39, 0.29) is 29.0 Å². The Balaban J connectivity index is 2.31. The van der Waals surface area contributed by atoms with Crippen molar-refractivity contribution in [3.05, 3.63) is 34.9 Å². The van der Waals surface area contributed by atoms with E-state index in [9.17, 15) is 10.4 Å². The monoisotopic (exact) mass is 296 g/mol. The summed E-state index contributed by atoms with van der Waals surface area (Å²) in [6, 6.07) is 6.95. The molecule has 6 heteroatoms. The van der Waals surface area contributed by atoms with Gasteiger partial charge in [0.25, 0.3) is 0 Å². The predicted octanol–water partition coefficient (Wildman–Crippen LogP) is 2.72. The van der Waals surface area contributed by atoms with E-state index >= 15 is 0 Å². The minimum absolute atomic E-state index is 0.0462. The third-order valence-electron chi connectivity index (χ3n) is 3.90. The van der Waals surface area contributed by atoms with Crippen LogP contribution >= 0.6 is 0 Å². The molecule has 1 aromatic carbocycles. The summed E-state index contributed by atoms with van der Waals surface area (Å²) in [7, 11) is 0. The van der Waals surface area contributed by atoms with Gasteiger partial charge in [0.2, 0.25) is 5.88 Å². The van der Waals surface area contributed by atoms with Gasteiger partial charge in [-0.15, -0.1) is 0 Å². The zero-order chi connectivity index (χ0) is 16.0. The molecule has 0 spiro atoms. The normalized spacial score (nSPS) is 15.6. The molecule has 3 rings (SSSR count). The van der Waals surface area contributed by atoms with Crippen molar-refractivity contribution in [2.24, 2.45) is 5.92 Å². The fourth-order valence-corrected chi connectivity index (χ4v) is 2.93. The van der Waals surface area contributed by atoms with Crippen molar-refractivity contribution < 1.29 is 9.84 Å². The van der Waals surface area contributed by atoms with Crippen LogP contribution in [0.1, 0.15) is 36.5 Å². The molecule has 0 radical (unpaired) electrons. The first kappa shape index (κ1) is 14.0. The Morgan fingerprint density at radius 2 is 2.09 bits per heavy atom. The van der Waals surface area contributed by atoms with Crippen molar-refractivity contribution in [1.82, 2.24) is 4.98 Å². The van der Waals surface area contributed by atoms with Gasteiger partial charge in [0, 0.05) is 23.1 Å². The second kappa shape index (κ2) is 4.81. The van der Waals surface area contributed by atoms with Crippen molar-refractivity contribution in [3.63, 3.8) is 0 Å². The molecule has 0 saturated heterocycles. The van der Waals surface area contributed by atoms with E-state index < -0.39 is 0 Å². The average molecular weight is 296 g/mol. The van der Waals surface area contributed by atoms with E-state index in [0.29, 0.717) is 22.9 Å². The molecule has 5 N–H and O–H groups in total. The highest BCUT2D eigenvalue weighted by molar-refractivity contribution is 5.74. The fourth-order valence-electron chi connectivity index (χ4n) is 2.93. The molecular weight excluding hydrogens is 280 g/mol. The molecule has 2 aromatic rings. The van der Waals surface area contributed by atoms with E-state index in [1.54, 1.807) is 18.2 Å². The zero-order valence-corrected chi connectivity index (χ0v) is 12.3. The van der Waals surface area contributed by atoms with Crippen LogP contribution in [0, 0.1) is 17.2 Å². The largest absolute Gasteiger partial charge is 0.508 e. The Labute approximate surface area is 128 Å². The van der Waals surface area contributed by atoms with Crippen molar-refractivity contribution in [2.75, 3.05) is 11.5 Å². The maximum absolute atomic E-state index is 9.66. The smallest absolute Gasteiger partial charge is 0.227 e. The van der Waals surface area contributed by atoms with E-state index in [0.717, 1.165) is 5.56 Å². The van der Waals surface area contributed by atoms with Crippen LogP contribution in [0.25, 0.3) is 0 Å². The number of fused-ring (bicyclic) bond motifs is 2. The van der Waals surface area contributed by atoms with Gasteiger partial charge < -0.3 is 21.3 Å². The molecule has 1 aromatic heterocycles. The molecule has 0 fully saturated rings. The van der Waals surface area contributed by atoms with Crippen LogP contribution < -0.4 is 16.2 Å². The second-order valence-electron chi connectivity index (χ2n) is 5.66. The van der Waals surface area contributed by atoms with Crippen molar-refractivity contribution in [1.29, 1.82) is 5.26 Å². The maximum atomic E-state index is 9.66. The Hall–Kier alpha value is -2.94. The number of nitrogens with two attached hydrogens (primary N) is 2. The van der Waals surface area contributed by atoms with E-state index in [2.05, 4.69) is 18.8 Å². The Morgan fingerprint density at radius 1 is 1.36 bits per heavy atom. The van der Waals surface area contributed by atoms with Crippen LogP contribution in [0.15, 0.2) is 18.2 Å². The quantitative estimate of drug-likeness (QED) is 0.744. The molecule has 1 aliphatic rings. The summed E-state index contributed by atoms with van der Waals surface area (Å²) in [5.41, 5.74) is 14.0. The number of hydrogen-bond donors (Lipinski definition) is 3. The van der Waals surface area contributed by atoms with Crippen LogP contribution in [0.2, 0.25) is 0 Å². The van der Waals surface area contributed by atoms with E-state index in [4.69, 9.17) is 16.2 Å². The maximum Gasteiger partial charge on any atom is 0.227 e. The molecule has 6 nitrogen and oxygen atoms in total. The van der Waals surface area contributed by atoms with Gasteiger partial charge in [-0.1, -0.05) is 19.9 Å². The first-order chi connectivity index (χ1) is 10.4. The predicted molar refractivity (Wildman–Crippen MR) is 82.6 cm³/mol. The standard InChI is InChI=1S/C16H16N4O2/c1-7(2)12-9-4-3-8(21)5-11(9)22-16-13(12)14(18)10(6-17)15(19)20-16/h3-5,7,12,21H,1-2H3,(H4,18,19,20)/t12-/m0/s1. The number of nitrogen functional groups attached to an aromatic ring is 2. The number of rotatable bonds is 1. The van der Waals surface area contributed by atoms with Crippen molar-refractivity contribution >= 4 is 11.5 Å². The Kier molecular flexibility index (Phi) is 3.06. The van der Waals surface area contributed by atoms with Crippen LogP contribution in [0.3, 0.4) is 0 Å². The molecule has 22 heavy (non-hydrogen) atoms. The number of aromatic nitrogens is 1. The molecule has 1 atom stereocenters. The lowest BCUT2D eigenvalue weighted by Crippen LogP contribution is -2.19. The summed E-state index contributed by atoms with van der Waals surface area (Å²) < 4.78 is 5.76. The van der Waals surface area contributed by atoms with Crippen LogP contribution in [0.5, 0.6) is 17.4 Å². The number of nitrogens with zero attached hydrogens (tertiary/aromatic N) is 2. The minimum Gasteiger partial charge on any atom is -0.508 e. The highest BCUT2D eigenvalue weighted by Gasteiger charge is 2.34. The number of aromatic hydroxyl groups is 1. The lowest BCUT2D eigenvalue weighted by Gasteiger charge is -2.31. The zero-order valence-electron chi connectivity index (χ0n) is 12.3. The third kappa shape index (κ3) is 1.91. The highest BCUT2D eigenvalue weighted by Crippen LogP contribution is 2.50. The summed E-state index contributed by atoms with van der Waals surface area (Å²) in [6.07, 6.45) is 0. The average Bonchev–Trinajstić information content (AvgIpc) is 2.45. The first-order valence-corrected chi connectivity index (χ1v) is 6.93. The van der Waals surface area contributed by atoms with Crippen LogP contribution in [0.4, 0.5) is 11.5 Å². The number of phenolic OH excluding ortho intramolecular Hbond substituents is 1. The van der Waals surface area contributed by atoms with Gasteiger partial charge in [-0.2, -0.15) is 10.2 Å². The van der Waals surface area contributed by atoms with Gasteiger partial charge in [0.05, 0.1) is 5.69 Å². The minimum atomic E-state index is -0.0838. The van der Waals surface area contributed by atoms with Gasteiger partial charge in [-0.05, 0) is 12.0 Å². The Bertz CT molecular complexity index is 809. The van der Waals surface area contributed by atoms with E-state index in [1.807, 2.05) is 6.07 Å². The topological polar surface area (TPSA) is 118 Å². The van der Waals surface area contributed by atoms with Gasteiger partial charge in [-0.3, -0.25) is 0 Å². The number of benzene rings is 1. The summed E-state index contributed by atoms with van der Waals surface area (Å²) in [5, 5.41) is 18.9. The first-order valence-electron chi connectivity index (χ1n) is 6.93. The number of ether oxygens (including phenoxy) is 1. The number of anilines is 2. The van der Waals surface area contributed by atoms with Crippen LogP contribution in [-0.2, 0) is 0 Å². The fraction of sp³-hybridized carbons (Fsp3) is 0.250. The van der Waals surface area contributed by atoms with Gasteiger partial charge in [0.15, 0.2) is 0 Å². The number of hydrogen-bond acceptors (Lipinski definition) is 6. The molecule has 0 bridgehead atoms. The SMILES string of the molecule is CC(C)[C@H]1c2ccc(O)cc2Oc2nc(N)c(C#N)c(N)c21. The van der Waals surface area contributed by atoms with Crippen molar-refractivity contribution in [2.45, 2.75) is 19.8 Å². The summed E-state index contributed by atoms with van der Waals surface area (Å²) in [5.74, 6) is 1.10.